The third kappa shape index (κ3) is 5.12. The summed E-state index contributed by atoms with van der Waals surface area (Å²) in [6.07, 6.45) is 0.0713. The van der Waals surface area contributed by atoms with Crippen molar-refractivity contribution in [2.24, 2.45) is 0 Å². The molecule has 0 aromatic heterocycles. The highest BCUT2D eigenvalue weighted by atomic mass is 32.2. The number of benzene rings is 2. The Labute approximate surface area is 158 Å². The summed E-state index contributed by atoms with van der Waals surface area (Å²) in [6.45, 7) is 1.85. The maximum Gasteiger partial charge on any atom is 0.254 e. The molecule has 6 nitrogen and oxygen atoms in total. The van der Waals surface area contributed by atoms with Gasteiger partial charge in [-0.15, -0.1) is 0 Å². The highest BCUT2D eigenvalue weighted by molar-refractivity contribution is 7.89. The fourth-order valence-electron chi connectivity index (χ4n) is 2.45. The molecule has 0 heterocycles. The fraction of sp³-hybridized carbons (Fsp3) is 0.263. The molecule has 0 aliphatic rings. The molecule has 0 saturated carbocycles. The number of sulfonamides is 1. The van der Waals surface area contributed by atoms with Gasteiger partial charge in [-0.1, -0.05) is 12.1 Å². The predicted molar refractivity (Wildman–Crippen MR) is 98.8 cm³/mol. The van der Waals surface area contributed by atoms with Gasteiger partial charge in [-0.3, -0.25) is 4.79 Å². The summed E-state index contributed by atoms with van der Waals surface area (Å²) < 4.78 is 39.6. The van der Waals surface area contributed by atoms with Gasteiger partial charge in [0.05, 0.1) is 17.0 Å². The number of nitrogens with one attached hydrogen (secondary N) is 1. The second kappa shape index (κ2) is 8.75. The van der Waals surface area contributed by atoms with Crippen LogP contribution in [0.15, 0.2) is 53.4 Å². The van der Waals surface area contributed by atoms with Gasteiger partial charge < -0.3 is 4.90 Å². The normalized spacial score (nSPS) is 12.2. The zero-order valence-electron chi connectivity index (χ0n) is 15.0. The minimum absolute atomic E-state index is 0.0197. The lowest BCUT2D eigenvalue weighted by molar-refractivity contribution is 0.0742. The lowest BCUT2D eigenvalue weighted by Crippen LogP contribution is -2.30. The Kier molecular flexibility index (Phi) is 6.66. The molecule has 0 aliphatic heterocycles. The number of nitrogens with zero attached hydrogens (tertiary/aromatic N) is 2. The fourth-order valence-corrected chi connectivity index (χ4v) is 3.48. The lowest BCUT2D eigenvalue weighted by Gasteiger charge is -2.25. The summed E-state index contributed by atoms with van der Waals surface area (Å²) in [4.78, 5) is 14.2. The van der Waals surface area contributed by atoms with Crippen LogP contribution in [0.1, 0.15) is 35.3 Å². The first-order valence-electron chi connectivity index (χ1n) is 8.25. The summed E-state index contributed by atoms with van der Waals surface area (Å²) in [5.74, 6) is -0.631. The van der Waals surface area contributed by atoms with Crippen molar-refractivity contribution < 1.29 is 17.6 Å². The van der Waals surface area contributed by atoms with Crippen molar-refractivity contribution >= 4 is 15.9 Å². The molecule has 2 rings (SSSR count). The van der Waals surface area contributed by atoms with Crippen LogP contribution in [0.4, 0.5) is 4.39 Å². The van der Waals surface area contributed by atoms with Crippen molar-refractivity contribution in [1.82, 2.24) is 9.62 Å². The van der Waals surface area contributed by atoms with E-state index in [1.165, 1.54) is 41.3 Å². The van der Waals surface area contributed by atoms with Crippen LogP contribution in [0.2, 0.25) is 0 Å². The van der Waals surface area contributed by atoms with E-state index < -0.39 is 10.0 Å². The quantitative estimate of drug-likeness (QED) is 0.737. The molecule has 0 fully saturated rings. The first-order chi connectivity index (χ1) is 12.8. The molecule has 142 valence electrons. The SMILES string of the molecule is CC(c1ccc(F)cc1)N(C)C(=O)c1ccc(S(=O)(=O)NCCC#N)cc1. The maximum absolute atomic E-state index is 13.1. The van der Waals surface area contributed by atoms with E-state index in [4.69, 9.17) is 5.26 Å². The maximum atomic E-state index is 13.1. The summed E-state index contributed by atoms with van der Waals surface area (Å²) in [5, 5.41) is 8.48. The first-order valence-corrected chi connectivity index (χ1v) is 9.74. The monoisotopic (exact) mass is 389 g/mol. The van der Waals surface area contributed by atoms with E-state index >= 15 is 0 Å². The van der Waals surface area contributed by atoms with Crippen LogP contribution in [0.5, 0.6) is 0 Å². The smallest absolute Gasteiger partial charge is 0.254 e. The van der Waals surface area contributed by atoms with E-state index in [-0.39, 0.29) is 35.6 Å². The minimum Gasteiger partial charge on any atom is -0.335 e. The van der Waals surface area contributed by atoms with Gasteiger partial charge >= 0.3 is 0 Å². The summed E-state index contributed by atoms with van der Waals surface area (Å²) >= 11 is 0. The molecule has 0 saturated heterocycles. The number of carbonyl (C=O) groups is 1. The number of halogens is 1. The van der Waals surface area contributed by atoms with Gasteiger partial charge in [-0.2, -0.15) is 5.26 Å². The van der Waals surface area contributed by atoms with Crippen molar-refractivity contribution in [2.45, 2.75) is 24.3 Å². The Balaban J connectivity index is 2.12. The second-order valence-electron chi connectivity index (χ2n) is 5.97. The Morgan fingerprint density at radius 2 is 1.78 bits per heavy atom. The Morgan fingerprint density at radius 3 is 2.33 bits per heavy atom. The van der Waals surface area contributed by atoms with Crippen molar-refractivity contribution in [1.29, 1.82) is 5.26 Å². The zero-order valence-corrected chi connectivity index (χ0v) is 15.8. The molecule has 0 radical (unpaired) electrons. The third-order valence-corrected chi connectivity index (χ3v) is 5.67. The van der Waals surface area contributed by atoms with E-state index in [9.17, 15) is 17.6 Å². The summed E-state index contributed by atoms with van der Waals surface area (Å²) in [5.41, 5.74) is 1.12. The molecule has 2 aromatic carbocycles. The van der Waals surface area contributed by atoms with E-state index in [2.05, 4.69) is 4.72 Å². The Bertz CT molecular complexity index is 936. The van der Waals surface area contributed by atoms with E-state index in [1.54, 1.807) is 19.2 Å². The van der Waals surface area contributed by atoms with Gasteiger partial charge in [0.1, 0.15) is 5.82 Å². The highest BCUT2D eigenvalue weighted by Gasteiger charge is 2.20. The number of amides is 1. The topological polar surface area (TPSA) is 90.3 Å². The molecule has 1 unspecified atom stereocenters. The van der Waals surface area contributed by atoms with Gasteiger partial charge in [0.2, 0.25) is 10.0 Å². The van der Waals surface area contributed by atoms with E-state index in [1.807, 2.05) is 13.0 Å². The number of carbonyl (C=O) groups excluding carboxylic acids is 1. The number of rotatable bonds is 7. The predicted octanol–water partition coefficient (Wildman–Crippen LogP) is 2.85. The lowest BCUT2D eigenvalue weighted by atomic mass is 10.1. The van der Waals surface area contributed by atoms with Crippen LogP contribution in [0, 0.1) is 17.1 Å². The van der Waals surface area contributed by atoms with Gasteiger partial charge in [0.15, 0.2) is 0 Å². The molecule has 1 amide bonds. The molecule has 0 spiro atoms. The molecule has 2 aromatic rings. The largest absolute Gasteiger partial charge is 0.335 e. The molecular weight excluding hydrogens is 369 g/mol. The first kappa shape index (κ1) is 20.6. The summed E-state index contributed by atoms with van der Waals surface area (Å²) in [7, 11) is -2.09. The highest BCUT2D eigenvalue weighted by Crippen LogP contribution is 2.21. The van der Waals surface area contributed by atoms with Crippen LogP contribution in [0.25, 0.3) is 0 Å². The van der Waals surface area contributed by atoms with Crippen LogP contribution >= 0.6 is 0 Å². The van der Waals surface area contributed by atoms with Crippen molar-refractivity contribution in [2.75, 3.05) is 13.6 Å². The third-order valence-electron chi connectivity index (χ3n) is 4.19. The molecular formula is C19H20FN3O3S. The number of nitriles is 1. The van der Waals surface area contributed by atoms with Crippen molar-refractivity contribution in [3.8, 4) is 6.07 Å². The van der Waals surface area contributed by atoms with Gasteiger partial charge in [-0.25, -0.2) is 17.5 Å². The number of hydrogen-bond acceptors (Lipinski definition) is 4. The van der Waals surface area contributed by atoms with Crippen LogP contribution in [-0.2, 0) is 10.0 Å². The van der Waals surface area contributed by atoms with E-state index in [0.29, 0.717) is 5.56 Å². The molecule has 0 aliphatic carbocycles. The molecule has 1 N–H and O–H groups in total. The standard InChI is InChI=1S/C19H20FN3O3S/c1-14(15-4-8-17(20)9-5-15)23(2)19(24)16-6-10-18(11-7-16)27(25,26)22-13-3-12-21/h4-11,14,22H,3,13H2,1-2H3. The van der Waals surface area contributed by atoms with E-state index in [0.717, 1.165) is 5.56 Å². The van der Waals surface area contributed by atoms with Gasteiger partial charge in [-0.05, 0) is 48.9 Å². The van der Waals surface area contributed by atoms with Crippen LogP contribution in [-0.4, -0.2) is 32.8 Å². The summed E-state index contributed by atoms with van der Waals surface area (Å²) in [6, 6.07) is 13.1. The molecule has 8 heteroatoms. The van der Waals surface area contributed by atoms with Gasteiger partial charge in [0.25, 0.3) is 5.91 Å². The van der Waals surface area contributed by atoms with Crippen LogP contribution in [0.3, 0.4) is 0 Å². The molecule has 1 atom stereocenters. The van der Waals surface area contributed by atoms with Crippen molar-refractivity contribution in [3.05, 3.63) is 65.5 Å². The number of hydrogen-bond donors (Lipinski definition) is 1. The average molecular weight is 389 g/mol. The molecule has 27 heavy (non-hydrogen) atoms. The Morgan fingerprint density at radius 1 is 1.19 bits per heavy atom. The Hall–Kier alpha value is -2.76. The molecule has 0 bridgehead atoms. The second-order valence-corrected chi connectivity index (χ2v) is 7.74. The van der Waals surface area contributed by atoms with Crippen LogP contribution < -0.4 is 4.72 Å². The van der Waals surface area contributed by atoms with Crippen molar-refractivity contribution in [3.63, 3.8) is 0 Å². The average Bonchev–Trinajstić information content (AvgIpc) is 2.67. The zero-order chi connectivity index (χ0) is 20.0. The minimum atomic E-state index is -3.72. The van der Waals surface area contributed by atoms with Gasteiger partial charge in [0, 0.05) is 25.6 Å².